The molecule has 0 spiro atoms. The summed E-state index contributed by atoms with van der Waals surface area (Å²) in [5.74, 6) is -0.275. The highest BCUT2D eigenvalue weighted by atomic mass is 79.9. The molecule has 26 heavy (non-hydrogen) atoms. The number of nitrogens with one attached hydrogen (secondary N) is 1. The maximum Gasteiger partial charge on any atom is 0.419 e. The van der Waals surface area contributed by atoms with Crippen LogP contribution in [-0.4, -0.2) is 35.0 Å². The average Bonchev–Trinajstić information content (AvgIpc) is 2.62. The second kappa shape index (κ2) is 7.61. The molecule has 0 aromatic carbocycles. The van der Waals surface area contributed by atoms with E-state index in [2.05, 4.69) is 31.2 Å². The molecule has 1 aliphatic rings. The molecule has 1 aliphatic heterocycles. The molecule has 2 aromatic rings. The summed E-state index contributed by atoms with van der Waals surface area (Å²) in [4.78, 5) is 21.6. The highest BCUT2D eigenvalue weighted by molar-refractivity contribution is 9.10. The summed E-state index contributed by atoms with van der Waals surface area (Å²) < 4.78 is 40.1. The third-order valence-electron chi connectivity index (χ3n) is 4.21. The molecule has 9 heteroatoms. The van der Waals surface area contributed by atoms with Gasteiger partial charge >= 0.3 is 6.18 Å². The van der Waals surface area contributed by atoms with Gasteiger partial charge in [0.1, 0.15) is 5.82 Å². The van der Waals surface area contributed by atoms with Crippen molar-refractivity contribution in [2.75, 3.05) is 18.0 Å². The molecule has 1 amide bonds. The Morgan fingerprint density at radius 2 is 1.88 bits per heavy atom. The Hall–Kier alpha value is -2.16. The lowest BCUT2D eigenvalue weighted by Crippen LogP contribution is -2.45. The number of rotatable bonds is 3. The SMILES string of the molecule is O=C(NC1CCN(c2ncc(Br)cc2C(F)(F)F)CC1)c1ccncc1. The Morgan fingerprint density at radius 1 is 1.23 bits per heavy atom. The monoisotopic (exact) mass is 428 g/mol. The topological polar surface area (TPSA) is 58.1 Å². The predicted octanol–water partition coefficient (Wildman–Crippen LogP) is 3.66. The van der Waals surface area contributed by atoms with Crippen molar-refractivity contribution in [2.45, 2.75) is 25.1 Å². The third kappa shape index (κ3) is 4.32. The van der Waals surface area contributed by atoms with Gasteiger partial charge in [0.25, 0.3) is 5.91 Å². The second-order valence-electron chi connectivity index (χ2n) is 5.99. The zero-order chi connectivity index (χ0) is 18.7. The van der Waals surface area contributed by atoms with Crippen LogP contribution in [-0.2, 0) is 6.18 Å². The van der Waals surface area contributed by atoms with Gasteiger partial charge in [-0.3, -0.25) is 9.78 Å². The van der Waals surface area contributed by atoms with E-state index >= 15 is 0 Å². The Bertz CT molecular complexity index is 777. The number of carbonyl (C=O) groups excluding carboxylic acids is 1. The van der Waals surface area contributed by atoms with Gasteiger partial charge < -0.3 is 10.2 Å². The quantitative estimate of drug-likeness (QED) is 0.810. The summed E-state index contributed by atoms with van der Waals surface area (Å²) in [6.45, 7) is 0.776. The molecule has 0 radical (unpaired) electrons. The van der Waals surface area contributed by atoms with E-state index in [9.17, 15) is 18.0 Å². The highest BCUT2D eigenvalue weighted by Crippen LogP contribution is 2.37. The van der Waals surface area contributed by atoms with Gasteiger partial charge in [0.05, 0.1) is 5.56 Å². The maximum atomic E-state index is 13.3. The number of hydrogen-bond acceptors (Lipinski definition) is 4. The summed E-state index contributed by atoms with van der Waals surface area (Å²) in [5, 5.41) is 2.92. The van der Waals surface area contributed by atoms with E-state index in [1.54, 1.807) is 17.0 Å². The number of nitrogens with zero attached hydrogens (tertiary/aromatic N) is 3. The van der Waals surface area contributed by atoms with E-state index < -0.39 is 11.7 Å². The van der Waals surface area contributed by atoms with Crippen LogP contribution in [0.25, 0.3) is 0 Å². The molecule has 0 unspecified atom stereocenters. The summed E-state index contributed by atoms with van der Waals surface area (Å²) >= 11 is 3.04. The zero-order valence-corrected chi connectivity index (χ0v) is 15.2. The standard InChI is InChI=1S/C17H16BrF3N4O/c18-12-9-14(17(19,20)21)15(23-10-12)25-7-3-13(4-8-25)24-16(26)11-1-5-22-6-2-11/h1-2,5-6,9-10,13H,3-4,7-8H2,(H,24,26). The molecule has 1 N–H and O–H groups in total. The Labute approximate surface area is 156 Å². The van der Waals surface area contributed by atoms with Gasteiger partial charge in [-0.25, -0.2) is 4.98 Å². The normalized spacial score (nSPS) is 15.8. The van der Waals surface area contributed by atoms with E-state index in [0.717, 1.165) is 6.07 Å². The first-order chi connectivity index (χ1) is 12.3. The van der Waals surface area contributed by atoms with Gasteiger partial charge in [-0.1, -0.05) is 0 Å². The molecule has 0 atom stereocenters. The van der Waals surface area contributed by atoms with Crippen molar-refractivity contribution < 1.29 is 18.0 Å². The van der Waals surface area contributed by atoms with Gasteiger partial charge in [-0.15, -0.1) is 0 Å². The van der Waals surface area contributed by atoms with Crippen LogP contribution in [0.2, 0.25) is 0 Å². The number of pyridine rings is 2. The van der Waals surface area contributed by atoms with E-state index in [1.807, 2.05) is 0 Å². The van der Waals surface area contributed by atoms with Crippen LogP contribution in [0.5, 0.6) is 0 Å². The number of hydrogen-bond donors (Lipinski definition) is 1. The minimum atomic E-state index is -4.47. The van der Waals surface area contributed by atoms with Crippen molar-refractivity contribution in [1.82, 2.24) is 15.3 Å². The van der Waals surface area contributed by atoms with E-state index in [1.165, 1.54) is 18.6 Å². The highest BCUT2D eigenvalue weighted by Gasteiger charge is 2.37. The van der Waals surface area contributed by atoms with E-state index in [0.29, 0.717) is 31.5 Å². The van der Waals surface area contributed by atoms with Crippen LogP contribution in [0.3, 0.4) is 0 Å². The van der Waals surface area contributed by atoms with Crippen LogP contribution >= 0.6 is 15.9 Å². The molecule has 1 saturated heterocycles. The maximum absolute atomic E-state index is 13.3. The van der Waals surface area contributed by atoms with Gasteiger partial charge in [0, 0.05) is 47.8 Å². The molecular weight excluding hydrogens is 413 g/mol. The molecule has 0 aliphatic carbocycles. The second-order valence-corrected chi connectivity index (χ2v) is 6.91. The van der Waals surface area contributed by atoms with Gasteiger partial charge in [-0.2, -0.15) is 13.2 Å². The van der Waals surface area contributed by atoms with E-state index in [4.69, 9.17) is 0 Å². The van der Waals surface area contributed by atoms with Gasteiger partial charge in [0.15, 0.2) is 0 Å². The molecule has 3 rings (SSSR count). The van der Waals surface area contributed by atoms with Gasteiger partial charge in [-0.05, 0) is 47.0 Å². The number of anilines is 1. The van der Waals surface area contributed by atoms with Crippen molar-refractivity contribution in [3.8, 4) is 0 Å². The molecular formula is C17H16BrF3N4O. The first-order valence-corrected chi connectivity index (χ1v) is 8.82. The Balaban J connectivity index is 1.65. The smallest absolute Gasteiger partial charge is 0.356 e. The lowest BCUT2D eigenvalue weighted by Gasteiger charge is -2.34. The van der Waals surface area contributed by atoms with Crippen molar-refractivity contribution in [2.24, 2.45) is 0 Å². The summed E-state index contributed by atoms with van der Waals surface area (Å²) in [7, 11) is 0. The van der Waals surface area contributed by atoms with Crippen LogP contribution in [0.1, 0.15) is 28.8 Å². The Morgan fingerprint density at radius 3 is 2.50 bits per heavy atom. The number of amides is 1. The van der Waals surface area contributed by atoms with Crippen molar-refractivity contribution >= 4 is 27.7 Å². The first kappa shape index (κ1) is 18.6. The Kier molecular flexibility index (Phi) is 5.45. The van der Waals surface area contributed by atoms with Crippen molar-refractivity contribution in [3.63, 3.8) is 0 Å². The predicted molar refractivity (Wildman–Crippen MR) is 93.9 cm³/mol. The van der Waals surface area contributed by atoms with Crippen LogP contribution < -0.4 is 10.2 Å². The van der Waals surface area contributed by atoms with Crippen molar-refractivity contribution in [3.05, 3.63) is 52.4 Å². The molecule has 1 fully saturated rings. The summed E-state index contributed by atoms with van der Waals surface area (Å²) in [6.07, 6.45) is 1.06. The van der Waals surface area contributed by atoms with Crippen LogP contribution in [0.15, 0.2) is 41.3 Å². The minimum Gasteiger partial charge on any atom is -0.356 e. The average molecular weight is 429 g/mol. The summed E-state index contributed by atoms with van der Waals surface area (Å²) in [5.41, 5.74) is -0.248. The number of carbonyl (C=O) groups is 1. The summed E-state index contributed by atoms with van der Waals surface area (Å²) in [6, 6.07) is 4.19. The molecule has 0 saturated carbocycles. The molecule has 3 heterocycles. The zero-order valence-electron chi connectivity index (χ0n) is 13.6. The lowest BCUT2D eigenvalue weighted by atomic mass is 10.0. The first-order valence-electron chi connectivity index (χ1n) is 8.03. The molecule has 138 valence electrons. The van der Waals surface area contributed by atoms with Crippen molar-refractivity contribution in [1.29, 1.82) is 0 Å². The largest absolute Gasteiger partial charge is 0.419 e. The van der Waals surface area contributed by atoms with E-state index in [-0.39, 0.29) is 22.2 Å². The number of aromatic nitrogens is 2. The van der Waals surface area contributed by atoms with Gasteiger partial charge in [0.2, 0.25) is 0 Å². The number of piperidine rings is 1. The molecule has 0 bridgehead atoms. The minimum absolute atomic E-state index is 0.0698. The molecule has 2 aromatic heterocycles. The lowest BCUT2D eigenvalue weighted by molar-refractivity contribution is -0.137. The molecule has 5 nitrogen and oxygen atoms in total. The fourth-order valence-corrected chi connectivity index (χ4v) is 3.23. The number of halogens is 4. The van der Waals surface area contributed by atoms with Crippen LogP contribution in [0, 0.1) is 0 Å². The number of alkyl halides is 3. The fourth-order valence-electron chi connectivity index (χ4n) is 2.90. The fraction of sp³-hybridized carbons (Fsp3) is 0.353. The van der Waals surface area contributed by atoms with Crippen LogP contribution in [0.4, 0.5) is 19.0 Å². The third-order valence-corrected chi connectivity index (χ3v) is 4.64.